The molecule has 100 valence electrons. The van der Waals surface area contributed by atoms with Crippen LogP contribution in [-0.4, -0.2) is 16.0 Å². The minimum Gasteiger partial charge on any atom is -0.330 e. The molecule has 18 heavy (non-hydrogen) atoms. The molecule has 1 fully saturated rings. The van der Waals surface area contributed by atoms with E-state index in [0.29, 0.717) is 23.3 Å². The van der Waals surface area contributed by atoms with E-state index in [1.165, 1.54) is 18.6 Å². The van der Waals surface area contributed by atoms with E-state index in [-0.39, 0.29) is 11.1 Å². The van der Waals surface area contributed by atoms with Crippen LogP contribution >= 0.6 is 0 Å². The fourth-order valence-electron chi connectivity index (χ4n) is 2.67. The average Bonchev–Trinajstić information content (AvgIpc) is 2.39. The highest BCUT2D eigenvalue weighted by Crippen LogP contribution is 2.33. The highest BCUT2D eigenvalue weighted by molar-refractivity contribution is 7.85. The van der Waals surface area contributed by atoms with Crippen LogP contribution in [0.15, 0.2) is 29.2 Å². The molecule has 1 aromatic rings. The number of rotatable bonds is 3. The Morgan fingerprint density at radius 3 is 2.61 bits per heavy atom. The molecule has 2 N–H and O–H groups in total. The van der Waals surface area contributed by atoms with E-state index in [4.69, 9.17) is 5.73 Å². The minimum absolute atomic E-state index is 0.115. The summed E-state index contributed by atoms with van der Waals surface area (Å²) in [5.74, 6) is 0.637. The third kappa shape index (κ3) is 2.98. The first kappa shape index (κ1) is 13.7. The Hall–Kier alpha value is -0.740. The molecule has 1 aliphatic rings. The van der Waals surface area contributed by atoms with Crippen LogP contribution < -0.4 is 5.73 Å². The molecular weight excluding hydrogens is 249 g/mol. The van der Waals surface area contributed by atoms with E-state index in [0.717, 1.165) is 12.8 Å². The predicted octanol–water partition coefficient (Wildman–Crippen LogP) is 2.70. The summed E-state index contributed by atoms with van der Waals surface area (Å²) in [6.07, 6.45) is 3.17. The molecule has 1 saturated carbocycles. The first-order valence-electron chi connectivity index (χ1n) is 6.48. The summed E-state index contributed by atoms with van der Waals surface area (Å²) >= 11 is 0. The lowest BCUT2D eigenvalue weighted by Crippen LogP contribution is -2.36. The quantitative estimate of drug-likeness (QED) is 0.917. The Balaban J connectivity index is 2.17. The topological polar surface area (TPSA) is 43.1 Å². The van der Waals surface area contributed by atoms with Gasteiger partial charge in [-0.1, -0.05) is 13.3 Å². The molecule has 1 aromatic carbocycles. The van der Waals surface area contributed by atoms with Crippen LogP contribution in [-0.2, 0) is 10.8 Å². The van der Waals surface area contributed by atoms with Crippen molar-refractivity contribution in [2.45, 2.75) is 36.3 Å². The summed E-state index contributed by atoms with van der Waals surface area (Å²) in [6.45, 7) is 2.78. The van der Waals surface area contributed by atoms with Gasteiger partial charge in [0.15, 0.2) is 0 Å². The van der Waals surface area contributed by atoms with Gasteiger partial charge in [-0.05, 0) is 55.5 Å². The van der Waals surface area contributed by atoms with E-state index in [1.54, 1.807) is 12.1 Å². The first-order valence-corrected chi connectivity index (χ1v) is 7.69. The van der Waals surface area contributed by atoms with Gasteiger partial charge in [-0.2, -0.15) is 0 Å². The first-order chi connectivity index (χ1) is 8.61. The summed E-state index contributed by atoms with van der Waals surface area (Å²) in [5, 5.41) is 0.115. The van der Waals surface area contributed by atoms with Crippen LogP contribution in [0.3, 0.4) is 0 Å². The van der Waals surface area contributed by atoms with Gasteiger partial charge in [0.2, 0.25) is 0 Å². The summed E-state index contributed by atoms with van der Waals surface area (Å²) < 4.78 is 25.4. The van der Waals surface area contributed by atoms with Gasteiger partial charge in [-0.25, -0.2) is 4.39 Å². The lowest BCUT2D eigenvalue weighted by atomic mass is 9.82. The van der Waals surface area contributed by atoms with Crippen LogP contribution in [0.4, 0.5) is 4.39 Å². The Labute approximate surface area is 110 Å². The largest absolute Gasteiger partial charge is 0.330 e. The van der Waals surface area contributed by atoms with E-state index in [1.807, 2.05) is 0 Å². The third-order valence-electron chi connectivity index (χ3n) is 3.81. The number of benzene rings is 1. The second-order valence-corrected chi connectivity index (χ2v) is 6.88. The fraction of sp³-hybridized carbons (Fsp3) is 0.571. The van der Waals surface area contributed by atoms with E-state index >= 15 is 0 Å². The zero-order valence-corrected chi connectivity index (χ0v) is 11.5. The molecule has 1 aliphatic carbocycles. The van der Waals surface area contributed by atoms with Gasteiger partial charge in [0.1, 0.15) is 5.82 Å². The van der Waals surface area contributed by atoms with Gasteiger partial charge in [0, 0.05) is 10.1 Å². The van der Waals surface area contributed by atoms with Crippen molar-refractivity contribution in [3.63, 3.8) is 0 Å². The third-order valence-corrected chi connectivity index (χ3v) is 5.68. The Morgan fingerprint density at radius 1 is 1.33 bits per heavy atom. The Bertz CT molecular complexity index is 420. The van der Waals surface area contributed by atoms with Gasteiger partial charge in [-0.15, -0.1) is 0 Å². The van der Waals surface area contributed by atoms with Crippen LogP contribution in [0.1, 0.15) is 26.2 Å². The van der Waals surface area contributed by atoms with Crippen LogP contribution in [0.2, 0.25) is 0 Å². The molecule has 0 aliphatic heterocycles. The molecule has 4 unspecified atom stereocenters. The average molecular weight is 269 g/mol. The van der Waals surface area contributed by atoms with Crippen LogP contribution in [0.5, 0.6) is 0 Å². The maximum absolute atomic E-state index is 12.9. The van der Waals surface area contributed by atoms with Crippen LogP contribution in [0.25, 0.3) is 0 Å². The van der Waals surface area contributed by atoms with Crippen molar-refractivity contribution in [1.82, 2.24) is 0 Å². The zero-order valence-electron chi connectivity index (χ0n) is 10.6. The van der Waals surface area contributed by atoms with Gasteiger partial charge in [0.05, 0.1) is 10.8 Å². The van der Waals surface area contributed by atoms with E-state index < -0.39 is 10.8 Å². The van der Waals surface area contributed by atoms with Crippen LogP contribution in [0, 0.1) is 17.7 Å². The molecule has 4 atom stereocenters. The standard InChI is InChI=1S/C14H20FNOS/c1-10-2-3-11(9-16)14(8-10)18(17)13-6-4-12(15)5-7-13/h4-7,10-11,14H,2-3,8-9,16H2,1H3. The monoisotopic (exact) mass is 269 g/mol. The van der Waals surface area contributed by atoms with Crippen molar-refractivity contribution >= 4 is 10.8 Å². The molecule has 0 radical (unpaired) electrons. The lowest BCUT2D eigenvalue weighted by molar-refractivity contribution is 0.302. The molecule has 0 saturated heterocycles. The summed E-state index contributed by atoms with van der Waals surface area (Å²) in [4.78, 5) is 0.717. The van der Waals surface area contributed by atoms with E-state index in [9.17, 15) is 8.60 Å². The van der Waals surface area contributed by atoms with Crippen molar-refractivity contribution in [1.29, 1.82) is 0 Å². The summed E-state index contributed by atoms with van der Waals surface area (Å²) in [7, 11) is -1.08. The number of halogens is 1. The molecule has 0 spiro atoms. The van der Waals surface area contributed by atoms with Crippen molar-refractivity contribution < 1.29 is 8.60 Å². The predicted molar refractivity (Wildman–Crippen MR) is 72.2 cm³/mol. The van der Waals surface area contributed by atoms with Gasteiger partial charge < -0.3 is 5.73 Å². The minimum atomic E-state index is -1.08. The van der Waals surface area contributed by atoms with Crippen molar-refractivity contribution in [2.24, 2.45) is 17.6 Å². The van der Waals surface area contributed by atoms with Crippen molar-refractivity contribution in [3.05, 3.63) is 30.1 Å². The maximum Gasteiger partial charge on any atom is 0.123 e. The van der Waals surface area contributed by atoms with E-state index in [2.05, 4.69) is 6.92 Å². The van der Waals surface area contributed by atoms with Gasteiger partial charge >= 0.3 is 0 Å². The molecule has 4 heteroatoms. The summed E-state index contributed by atoms with van der Waals surface area (Å²) in [6, 6.07) is 5.99. The Kier molecular flexibility index (Phi) is 4.51. The number of hydrogen-bond donors (Lipinski definition) is 1. The molecule has 0 aromatic heterocycles. The molecule has 2 nitrogen and oxygen atoms in total. The molecule has 0 bridgehead atoms. The fourth-order valence-corrected chi connectivity index (χ4v) is 4.52. The van der Waals surface area contributed by atoms with Crippen molar-refractivity contribution in [2.75, 3.05) is 6.54 Å². The lowest BCUT2D eigenvalue weighted by Gasteiger charge is -2.33. The number of hydrogen-bond acceptors (Lipinski definition) is 2. The normalized spacial score (nSPS) is 30.1. The maximum atomic E-state index is 12.9. The zero-order chi connectivity index (χ0) is 13.1. The highest BCUT2D eigenvalue weighted by atomic mass is 32.2. The smallest absolute Gasteiger partial charge is 0.123 e. The van der Waals surface area contributed by atoms with Gasteiger partial charge in [0.25, 0.3) is 0 Å². The SMILES string of the molecule is CC1CCC(CN)C(S(=O)c2ccc(F)cc2)C1. The molecule has 2 rings (SSSR count). The molecular formula is C14H20FNOS. The summed E-state index contributed by atoms with van der Waals surface area (Å²) in [5.41, 5.74) is 5.78. The number of nitrogens with two attached hydrogens (primary N) is 1. The molecule has 0 heterocycles. The second-order valence-electron chi connectivity index (χ2n) is 5.20. The van der Waals surface area contributed by atoms with Crippen molar-refractivity contribution in [3.8, 4) is 0 Å². The molecule has 0 amide bonds. The highest BCUT2D eigenvalue weighted by Gasteiger charge is 2.32. The second kappa shape index (κ2) is 5.93. The Morgan fingerprint density at radius 2 is 2.00 bits per heavy atom. The van der Waals surface area contributed by atoms with Gasteiger partial charge in [-0.3, -0.25) is 4.21 Å².